The van der Waals surface area contributed by atoms with Crippen LogP contribution >= 0.6 is 0 Å². The molecular weight excluding hydrogens is 182 g/mol. The van der Waals surface area contributed by atoms with Crippen molar-refractivity contribution in [1.82, 2.24) is 15.3 Å². The fourth-order valence-corrected chi connectivity index (χ4v) is 1.06. The molecule has 1 aromatic rings. The number of unbranched alkanes of at least 4 members (excludes halogenated alkanes) is 1. The van der Waals surface area contributed by atoms with Crippen molar-refractivity contribution in [3.05, 3.63) is 18.2 Å². The zero-order chi connectivity index (χ0) is 10.2. The summed E-state index contributed by atoms with van der Waals surface area (Å²) in [5.74, 6) is 0.00745. The Morgan fingerprint density at radius 3 is 3.07 bits per heavy atom. The lowest BCUT2D eigenvalue weighted by Gasteiger charge is -2.02. The number of H-pyrrole nitrogens is 1. The number of hydrogen-bond donors (Lipinski definition) is 3. The summed E-state index contributed by atoms with van der Waals surface area (Å²) in [5, 5.41) is 11.3. The molecule has 0 spiro atoms. The van der Waals surface area contributed by atoms with Crippen LogP contribution in [0.4, 0.5) is 0 Å². The molecule has 0 aliphatic carbocycles. The van der Waals surface area contributed by atoms with E-state index in [1.54, 1.807) is 12.5 Å². The van der Waals surface area contributed by atoms with Crippen LogP contribution in [0.25, 0.3) is 0 Å². The van der Waals surface area contributed by atoms with Crippen molar-refractivity contribution in [1.29, 1.82) is 0 Å². The second-order valence-corrected chi connectivity index (χ2v) is 3.03. The van der Waals surface area contributed by atoms with Crippen molar-refractivity contribution >= 4 is 5.91 Å². The normalized spacial score (nSPS) is 10.1. The smallest absolute Gasteiger partial charge is 0.220 e. The fourth-order valence-electron chi connectivity index (χ4n) is 1.06. The number of aliphatic hydroxyl groups is 1. The first-order valence-electron chi connectivity index (χ1n) is 4.67. The highest BCUT2D eigenvalue weighted by Gasteiger charge is 2.00. The third kappa shape index (κ3) is 4.04. The summed E-state index contributed by atoms with van der Waals surface area (Å²) in [6.07, 6.45) is 5.12. The zero-order valence-electron chi connectivity index (χ0n) is 7.99. The van der Waals surface area contributed by atoms with E-state index < -0.39 is 0 Å². The number of nitrogens with zero attached hydrogens (tertiary/aromatic N) is 1. The minimum absolute atomic E-state index is 0.00745. The second kappa shape index (κ2) is 6.15. The molecule has 0 atom stereocenters. The summed E-state index contributed by atoms with van der Waals surface area (Å²) in [7, 11) is 0. The van der Waals surface area contributed by atoms with Gasteiger partial charge in [0.15, 0.2) is 0 Å². The standard InChI is InChI=1S/C9H15N3O2/c13-4-2-1-3-9(14)11-6-8-5-10-7-12-8/h5,7,13H,1-4,6H2,(H,10,12)(H,11,14). The maximum Gasteiger partial charge on any atom is 0.220 e. The number of aliphatic hydroxyl groups excluding tert-OH is 1. The molecule has 5 nitrogen and oxygen atoms in total. The van der Waals surface area contributed by atoms with E-state index in [0.29, 0.717) is 19.4 Å². The number of aromatic amines is 1. The molecule has 1 amide bonds. The maximum atomic E-state index is 11.2. The largest absolute Gasteiger partial charge is 0.396 e. The van der Waals surface area contributed by atoms with Gasteiger partial charge in [0.25, 0.3) is 0 Å². The van der Waals surface area contributed by atoms with Gasteiger partial charge in [-0.1, -0.05) is 0 Å². The predicted molar refractivity (Wildman–Crippen MR) is 51.4 cm³/mol. The van der Waals surface area contributed by atoms with Gasteiger partial charge >= 0.3 is 0 Å². The molecule has 0 bridgehead atoms. The van der Waals surface area contributed by atoms with Crippen LogP contribution in [0.2, 0.25) is 0 Å². The third-order valence-corrected chi connectivity index (χ3v) is 1.84. The number of carbonyl (C=O) groups excluding carboxylic acids is 1. The van der Waals surface area contributed by atoms with Crippen LogP contribution in [0, 0.1) is 0 Å². The van der Waals surface area contributed by atoms with Crippen molar-refractivity contribution in [2.24, 2.45) is 0 Å². The van der Waals surface area contributed by atoms with E-state index in [4.69, 9.17) is 5.11 Å². The van der Waals surface area contributed by atoms with Gasteiger partial charge in [-0.25, -0.2) is 4.98 Å². The van der Waals surface area contributed by atoms with E-state index in [0.717, 1.165) is 12.1 Å². The Kier molecular flexibility index (Phi) is 4.71. The average molecular weight is 197 g/mol. The molecule has 0 saturated carbocycles. The van der Waals surface area contributed by atoms with E-state index in [9.17, 15) is 4.79 Å². The van der Waals surface area contributed by atoms with E-state index >= 15 is 0 Å². The minimum Gasteiger partial charge on any atom is -0.396 e. The highest BCUT2D eigenvalue weighted by molar-refractivity contribution is 5.75. The first kappa shape index (κ1) is 10.7. The Bertz CT molecular complexity index is 259. The van der Waals surface area contributed by atoms with Gasteiger partial charge < -0.3 is 15.4 Å². The van der Waals surface area contributed by atoms with Gasteiger partial charge in [-0.2, -0.15) is 0 Å². The number of imidazole rings is 1. The van der Waals surface area contributed by atoms with Crippen LogP contribution in [0.5, 0.6) is 0 Å². The lowest BCUT2D eigenvalue weighted by molar-refractivity contribution is -0.121. The number of amides is 1. The van der Waals surface area contributed by atoms with E-state index in [-0.39, 0.29) is 12.5 Å². The Morgan fingerprint density at radius 1 is 1.57 bits per heavy atom. The number of nitrogens with one attached hydrogen (secondary N) is 2. The van der Waals surface area contributed by atoms with Crippen molar-refractivity contribution in [3.8, 4) is 0 Å². The molecule has 5 heteroatoms. The van der Waals surface area contributed by atoms with Crippen molar-refractivity contribution < 1.29 is 9.90 Å². The number of carbonyl (C=O) groups is 1. The fraction of sp³-hybridized carbons (Fsp3) is 0.556. The SMILES string of the molecule is O=C(CCCCO)NCc1cnc[nH]1. The maximum absolute atomic E-state index is 11.2. The molecule has 78 valence electrons. The Balaban J connectivity index is 2.09. The Labute approximate surface area is 82.6 Å². The third-order valence-electron chi connectivity index (χ3n) is 1.84. The number of hydrogen-bond acceptors (Lipinski definition) is 3. The Morgan fingerprint density at radius 2 is 2.43 bits per heavy atom. The summed E-state index contributed by atoms with van der Waals surface area (Å²) >= 11 is 0. The van der Waals surface area contributed by atoms with Crippen LogP contribution in [-0.4, -0.2) is 27.6 Å². The van der Waals surface area contributed by atoms with E-state index in [1.807, 2.05) is 0 Å². The van der Waals surface area contributed by atoms with Crippen LogP contribution in [0.3, 0.4) is 0 Å². The Hall–Kier alpha value is -1.36. The second-order valence-electron chi connectivity index (χ2n) is 3.03. The molecule has 14 heavy (non-hydrogen) atoms. The van der Waals surface area contributed by atoms with Crippen molar-refractivity contribution in [2.75, 3.05) is 6.61 Å². The molecule has 0 aliphatic heterocycles. The van der Waals surface area contributed by atoms with E-state index in [1.165, 1.54) is 0 Å². The summed E-state index contributed by atoms with van der Waals surface area (Å²) in [5.41, 5.74) is 0.889. The van der Waals surface area contributed by atoms with Crippen LogP contribution < -0.4 is 5.32 Å². The van der Waals surface area contributed by atoms with Crippen LogP contribution in [0.1, 0.15) is 25.0 Å². The van der Waals surface area contributed by atoms with Crippen LogP contribution in [0.15, 0.2) is 12.5 Å². The lowest BCUT2D eigenvalue weighted by atomic mass is 10.2. The van der Waals surface area contributed by atoms with Crippen molar-refractivity contribution in [3.63, 3.8) is 0 Å². The highest BCUT2D eigenvalue weighted by atomic mass is 16.2. The van der Waals surface area contributed by atoms with Gasteiger partial charge in [-0.05, 0) is 12.8 Å². The number of aromatic nitrogens is 2. The predicted octanol–water partition coefficient (Wildman–Crippen LogP) is 0.188. The quantitative estimate of drug-likeness (QED) is 0.569. The van der Waals surface area contributed by atoms with Gasteiger partial charge in [0, 0.05) is 19.2 Å². The minimum atomic E-state index is 0.00745. The van der Waals surface area contributed by atoms with Gasteiger partial charge in [0.1, 0.15) is 0 Å². The first-order chi connectivity index (χ1) is 6.83. The molecule has 1 heterocycles. The molecule has 0 fully saturated rings. The van der Waals surface area contributed by atoms with E-state index in [2.05, 4.69) is 15.3 Å². The summed E-state index contributed by atoms with van der Waals surface area (Å²) in [6, 6.07) is 0. The average Bonchev–Trinajstić information content (AvgIpc) is 2.68. The summed E-state index contributed by atoms with van der Waals surface area (Å²) in [4.78, 5) is 17.9. The molecule has 0 unspecified atom stereocenters. The highest BCUT2D eigenvalue weighted by Crippen LogP contribution is 1.95. The van der Waals surface area contributed by atoms with Crippen LogP contribution in [-0.2, 0) is 11.3 Å². The molecule has 1 aromatic heterocycles. The molecule has 0 aromatic carbocycles. The monoisotopic (exact) mass is 197 g/mol. The molecular formula is C9H15N3O2. The van der Waals surface area contributed by atoms with Gasteiger partial charge in [-0.15, -0.1) is 0 Å². The van der Waals surface area contributed by atoms with Gasteiger partial charge in [0.2, 0.25) is 5.91 Å². The lowest BCUT2D eigenvalue weighted by Crippen LogP contribution is -2.22. The molecule has 0 radical (unpaired) electrons. The molecule has 0 aliphatic rings. The number of rotatable bonds is 6. The molecule has 3 N–H and O–H groups in total. The topological polar surface area (TPSA) is 78.0 Å². The molecule has 1 rings (SSSR count). The molecule has 0 saturated heterocycles. The summed E-state index contributed by atoms with van der Waals surface area (Å²) in [6.45, 7) is 0.631. The first-order valence-corrected chi connectivity index (χ1v) is 4.67. The van der Waals surface area contributed by atoms with Gasteiger partial charge in [-0.3, -0.25) is 4.79 Å². The van der Waals surface area contributed by atoms with Crippen molar-refractivity contribution in [2.45, 2.75) is 25.8 Å². The van der Waals surface area contributed by atoms with Gasteiger partial charge in [0.05, 0.1) is 18.6 Å². The zero-order valence-corrected chi connectivity index (χ0v) is 7.99. The summed E-state index contributed by atoms with van der Waals surface area (Å²) < 4.78 is 0.